The molecule has 2 rings (SSSR count). The number of primary amides is 1. The Morgan fingerprint density at radius 1 is 1.48 bits per heavy atom. The molecule has 21 heavy (non-hydrogen) atoms. The van der Waals surface area contributed by atoms with Gasteiger partial charge >= 0.3 is 6.03 Å². The van der Waals surface area contributed by atoms with E-state index in [9.17, 15) is 17.6 Å². The first kappa shape index (κ1) is 15.5. The number of halogens is 1. The number of thiol groups is 1. The summed E-state index contributed by atoms with van der Waals surface area (Å²) in [5, 5.41) is 1.69. The molecule has 0 atom stereocenters. The van der Waals surface area contributed by atoms with Crippen molar-refractivity contribution in [1.29, 1.82) is 0 Å². The Hall–Kier alpha value is -1.85. The number of carbonyl (C=O) groups is 1. The summed E-state index contributed by atoms with van der Waals surface area (Å²) in [6.45, 7) is 0. The van der Waals surface area contributed by atoms with Gasteiger partial charge in [-0.3, -0.25) is 4.72 Å². The third-order valence-corrected chi connectivity index (χ3v) is 4.93. The van der Waals surface area contributed by atoms with E-state index in [-0.39, 0.29) is 10.8 Å². The van der Waals surface area contributed by atoms with Crippen molar-refractivity contribution < 1.29 is 17.6 Å². The molecule has 0 fully saturated rings. The summed E-state index contributed by atoms with van der Waals surface area (Å²) in [4.78, 5) is 14.1. The van der Waals surface area contributed by atoms with Gasteiger partial charge in [0.25, 0.3) is 10.0 Å². The third-order valence-electron chi connectivity index (χ3n) is 2.31. The van der Waals surface area contributed by atoms with Gasteiger partial charge in [0.15, 0.2) is 5.13 Å². The number of nitrogens with zero attached hydrogens (tertiary/aromatic N) is 2. The average Bonchev–Trinajstić information content (AvgIpc) is 2.89. The van der Waals surface area contributed by atoms with E-state index in [1.165, 1.54) is 12.3 Å². The van der Waals surface area contributed by atoms with Gasteiger partial charge in [-0.2, -0.15) is 0 Å². The highest BCUT2D eigenvalue weighted by Crippen LogP contribution is 2.25. The quantitative estimate of drug-likeness (QED) is 0.733. The van der Waals surface area contributed by atoms with Crippen molar-refractivity contribution in [3.05, 3.63) is 35.6 Å². The Morgan fingerprint density at radius 2 is 2.19 bits per heavy atom. The van der Waals surface area contributed by atoms with Crippen LogP contribution in [0.3, 0.4) is 0 Å². The summed E-state index contributed by atoms with van der Waals surface area (Å²) >= 11 is 4.82. The fourth-order valence-corrected chi connectivity index (χ4v) is 3.38. The van der Waals surface area contributed by atoms with Crippen LogP contribution in [-0.4, -0.2) is 19.4 Å². The molecule has 2 aromatic rings. The Balaban J connectivity index is 2.34. The van der Waals surface area contributed by atoms with Gasteiger partial charge in [-0.1, -0.05) is 12.8 Å². The topological polar surface area (TPSA) is 105 Å². The fourth-order valence-electron chi connectivity index (χ4n) is 1.41. The average molecular weight is 348 g/mol. The highest BCUT2D eigenvalue weighted by molar-refractivity contribution is 7.93. The number of urea groups is 1. The number of benzene rings is 1. The molecule has 1 aromatic heterocycles. The molecule has 1 aromatic carbocycles. The van der Waals surface area contributed by atoms with E-state index in [0.29, 0.717) is 4.31 Å². The fraction of sp³-hybridized carbons (Fsp3) is 0. The number of hydrogen-bond acceptors (Lipinski definition) is 6. The lowest BCUT2D eigenvalue weighted by Crippen LogP contribution is -2.27. The minimum Gasteiger partial charge on any atom is -0.350 e. The van der Waals surface area contributed by atoms with Crippen LogP contribution in [0.5, 0.6) is 0 Å². The molecule has 0 spiro atoms. The number of nitrogens with two attached hydrogens (primary N) is 1. The van der Waals surface area contributed by atoms with Crippen molar-refractivity contribution in [2.24, 2.45) is 5.73 Å². The van der Waals surface area contributed by atoms with Gasteiger partial charge in [-0.15, -0.1) is 11.3 Å². The van der Waals surface area contributed by atoms with Gasteiger partial charge in [-0.05, 0) is 12.1 Å². The Labute approximate surface area is 129 Å². The lowest BCUT2D eigenvalue weighted by atomic mass is 10.3. The minimum atomic E-state index is -4.11. The van der Waals surface area contributed by atoms with Gasteiger partial charge < -0.3 is 5.73 Å². The maximum absolute atomic E-state index is 13.9. The summed E-state index contributed by atoms with van der Waals surface area (Å²) in [5.41, 5.74) is 4.99. The molecule has 0 saturated heterocycles. The number of thiazole rings is 1. The predicted octanol–water partition coefficient (Wildman–Crippen LogP) is 1.81. The van der Waals surface area contributed by atoms with E-state index in [0.717, 1.165) is 23.5 Å². The van der Waals surface area contributed by atoms with Crippen molar-refractivity contribution in [3.8, 4) is 0 Å². The van der Waals surface area contributed by atoms with Crippen LogP contribution in [0, 0.1) is 5.82 Å². The van der Waals surface area contributed by atoms with E-state index in [2.05, 4.69) is 22.5 Å². The van der Waals surface area contributed by atoms with Gasteiger partial charge in [0.05, 0.1) is 5.69 Å². The molecule has 3 N–H and O–H groups in total. The molecule has 112 valence electrons. The molecule has 0 saturated carbocycles. The van der Waals surface area contributed by atoms with Crippen LogP contribution in [0.25, 0.3) is 0 Å². The molecule has 7 nitrogen and oxygen atoms in total. The molecule has 0 aliphatic heterocycles. The Kier molecular flexibility index (Phi) is 4.34. The molecule has 11 heteroatoms. The van der Waals surface area contributed by atoms with Crippen molar-refractivity contribution in [2.45, 2.75) is 4.90 Å². The Bertz CT molecular complexity index is 764. The number of nitrogens with one attached hydrogen (secondary N) is 1. The summed E-state index contributed by atoms with van der Waals surface area (Å²) in [7, 11) is -4.11. The normalized spacial score (nSPS) is 11.1. The number of carbonyl (C=O) groups excluding carboxylic acids is 1. The van der Waals surface area contributed by atoms with Crippen molar-refractivity contribution >= 4 is 51.0 Å². The lowest BCUT2D eigenvalue weighted by Gasteiger charge is -2.14. The van der Waals surface area contributed by atoms with Crippen molar-refractivity contribution in [1.82, 2.24) is 4.98 Å². The molecule has 2 amide bonds. The highest BCUT2D eigenvalue weighted by atomic mass is 32.2. The zero-order valence-corrected chi connectivity index (χ0v) is 12.8. The van der Waals surface area contributed by atoms with Gasteiger partial charge in [0.1, 0.15) is 10.7 Å². The molecular formula is C10H9FN4O3S3. The number of rotatable bonds is 4. The molecule has 0 aliphatic rings. The zero-order valence-electron chi connectivity index (χ0n) is 10.2. The lowest BCUT2D eigenvalue weighted by molar-refractivity contribution is 0.257. The van der Waals surface area contributed by atoms with Gasteiger partial charge in [-0.25, -0.2) is 26.9 Å². The molecule has 1 heterocycles. The second kappa shape index (κ2) is 5.87. The molecular weight excluding hydrogens is 339 g/mol. The number of amides is 2. The number of aromatic nitrogens is 1. The zero-order chi connectivity index (χ0) is 15.6. The maximum atomic E-state index is 13.9. The van der Waals surface area contributed by atoms with Crippen molar-refractivity contribution in [3.63, 3.8) is 0 Å². The van der Waals surface area contributed by atoms with E-state index in [1.54, 1.807) is 5.38 Å². The first-order valence-electron chi connectivity index (χ1n) is 5.31. The summed E-state index contributed by atoms with van der Waals surface area (Å²) in [6, 6.07) is 2.13. The largest absolute Gasteiger partial charge is 0.350 e. The molecule has 0 aliphatic carbocycles. The van der Waals surface area contributed by atoms with Crippen LogP contribution in [0.15, 0.2) is 34.7 Å². The van der Waals surface area contributed by atoms with Crippen LogP contribution in [-0.2, 0) is 10.0 Å². The SMILES string of the molecule is NC(=O)N(S)c1ccc(S(=O)(=O)Nc2nccs2)c(F)c1. The predicted molar refractivity (Wildman–Crippen MR) is 80.4 cm³/mol. The number of anilines is 2. The van der Waals surface area contributed by atoms with E-state index in [1.807, 2.05) is 0 Å². The third kappa shape index (κ3) is 3.43. The monoisotopic (exact) mass is 348 g/mol. The molecule has 0 radical (unpaired) electrons. The van der Waals surface area contributed by atoms with Crippen LogP contribution < -0.4 is 14.8 Å². The molecule has 0 bridgehead atoms. The molecule has 0 unspecified atom stereocenters. The second-order valence-electron chi connectivity index (χ2n) is 3.71. The number of hydrogen-bond donors (Lipinski definition) is 3. The first-order valence-corrected chi connectivity index (χ1v) is 8.08. The van der Waals surface area contributed by atoms with E-state index in [4.69, 9.17) is 5.73 Å². The van der Waals surface area contributed by atoms with E-state index < -0.39 is 26.8 Å². The standard InChI is InChI=1S/C10H9FN4O3S3/c11-7-5-6(15(19)9(12)16)1-2-8(7)21(17,18)14-10-13-3-4-20-10/h1-5,19H,(H2,12,16)(H,13,14). The minimum absolute atomic E-state index is 0.0107. The van der Waals surface area contributed by atoms with Crippen LogP contribution in [0.2, 0.25) is 0 Å². The van der Waals surface area contributed by atoms with Crippen molar-refractivity contribution in [2.75, 3.05) is 9.03 Å². The van der Waals surface area contributed by atoms with Crippen LogP contribution >= 0.6 is 24.2 Å². The van der Waals surface area contributed by atoms with E-state index >= 15 is 0 Å². The maximum Gasteiger partial charge on any atom is 0.329 e. The number of sulfonamides is 1. The summed E-state index contributed by atoms with van der Waals surface area (Å²) in [6.07, 6.45) is 1.41. The smallest absolute Gasteiger partial charge is 0.329 e. The van der Waals surface area contributed by atoms with Gasteiger partial charge in [0, 0.05) is 17.6 Å². The summed E-state index contributed by atoms with van der Waals surface area (Å²) in [5.74, 6) is -1.04. The highest BCUT2D eigenvalue weighted by Gasteiger charge is 2.21. The second-order valence-corrected chi connectivity index (χ2v) is 6.65. The Morgan fingerprint density at radius 3 is 2.71 bits per heavy atom. The van der Waals surface area contributed by atoms with Gasteiger partial charge in [0.2, 0.25) is 0 Å². The summed E-state index contributed by atoms with van der Waals surface area (Å²) < 4.78 is 40.8. The first-order chi connectivity index (χ1) is 9.81. The van der Waals surface area contributed by atoms with Crippen LogP contribution in [0.1, 0.15) is 0 Å². The van der Waals surface area contributed by atoms with Crippen LogP contribution in [0.4, 0.5) is 20.0 Å².